The average Bonchev–Trinajstić information content (AvgIpc) is 2.81. The first-order chi connectivity index (χ1) is 16.3. The number of halogens is 1. The lowest BCUT2D eigenvalue weighted by Crippen LogP contribution is -2.42. The van der Waals surface area contributed by atoms with Crippen LogP contribution in [0.1, 0.15) is 12.5 Å². The standard InChI is InChI=1S/C24H20ClN5O4/c1-15(31)27-18-8-10-19(11-9-18)28-21(32)14-29-20-3-2-12-26-22(20)23(33)30(24(29)34)13-16-4-6-17(25)7-5-16/h2-12H,13-14H2,1H3,(H,27,31)(H,28,32). The van der Waals surface area contributed by atoms with Gasteiger partial charge in [-0.2, -0.15) is 0 Å². The van der Waals surface area contributed by atoms with Crippen LogP contribution in [0.2, 0.25) is 5.02 Å². The van der Waals surface area contributed by atoms with Crippen LogP contribution in [0.25, 0.3) is 11.0 Å². The van der Waals surface area contributed by atoms with Gasteiger partial charge in [-0.25, -0.2) is 9.78 Å². The number of amides is 2. The first-order valence-corrected chi connectivity index (χ1v) is 10.7. The molecule has 2 heterocycles. The number of carbonyl (C=O) groups excluding carboxylic acids is 2. The van der Waals surface area contributed by atoms with E-state index in [-0.39, 0.29) is 30.0 Å². The van der Waals surface area contributed by atoms with Crippen LogP contribution in [0.15, 0.2) is 76.4 Å². The van der Waals surface area contributed by atoms with Crippen molar-refractivity contribution >= 4 is 45.8 Å². The predicted molar refractivity (Wildman–Crippen MR) is 130 cm³/mol. The van der Waals surface area contributed by atoms with E-state index in [9.17, 15) is 19.2 Å². The Morgan fingerprint density at radius 2 is 1.56 bits per heavy atom. The highest BCUT2D eigenvalue weighted by Gasteiger charge is 2.16. The van der Waals surface area contributed by atoms with Crippen molar-refractivity contribution < 1.29 is 9.59 Å². The molecule has 0 radical (unpaired) electrons. The molecule has 4 aromatic rings. The van der Waals surface area contributed by atoms with E-state index in [4.69, 9.17) is 11.6 Å². The Morgan fingerprint density at radius 3 is 2.21 bits per heavy atom. The fourth-order valence-corrected chi connectivity index (χ4v) is 3.62. The molecule has 0 atom stereocenters. The van der Waals surface area contributed by atoms with Crippen molar-refractivity contribution in [2.75, 3.05) is 10.6 Å². The number of benzene rings is 2. The van der Waals surface area contributed by atoms with E-state index in [0.717, 1.165) is 4.57 Å². The number of hydrogen-bond donors (Lipinski definition) is 2. The third-order valence-electron chi connectivity index (χ3n) is 5.03. The van der Waals surface area contributed by atoms with E-state index >= 15 is 0 Å². The Bertz CT molecular complexity index is 1490. The van der Waals surface area contributed by atoms with Gasteiger partial charge in [0.15, 0.2) is 5.52 Å². The van der Waals surface area contributed by atoms with Gasteiger partial charge in [-0.1, -0.05) is 23.7 Å². The maximum absolute atomic E-state index is 13.3. The molecule has 0 bridgehead atoms. The van der Waals surface area contributed by atoms with E-state index in [0.29, 0.717) is 22.0 Å². The van der Waals surface area contributed by atoms with Crippen LogP contribution in [0.4, 0.5) is 11.4 Å². The van der Waals surface area contributed by atoms with Crippen molar-refractivity contribution in [3.05, 3.63) is 98.3 Å². The van der Waals surface area contributed by atoms with Gasteiger partial charge in [0, 0.05) is 29.5 Å². The van der Waals surface area contributed by atoms with Crippen molar-refractivity contribution in [1.82, 2.24) is 14.1 Å². The molecule has 0 spiro atoms. The molecular weight excluding hydrogens is 458 g/mol. The fraction of sp³-hybridized carbons (Fsp3) is 0.125. The quantitative estimate of drug-likeness (QED) is 0.443. The summed E-state index contributed by atoms with van der Waals surface area (Å²) in [6, 6.07) is 16.5. The highest BCUT2D eigenvalue weighted by molar-refractivity contribution is 6.30. The summed E-state index contributed by atoms with van der Waals surface area (Å²) in [5.41, 5.74) is 0.966. The number of nitrogens with one attached hydrogen (secondary N) is 2. The van der Waals surface area contributed by atoms with Gasteiger partial charge >= 0.3 is 5.69 Å². The number of hydrogen-bond acceptors (Lipinski definition) is 5. The minimum Gasteiger partial charge on any atom is -0.326 e. The molecule has 4 rings (SSSR count). The van der Waals surface area contributed by atoms with Crippen LogP contribution in [-0.2, 0) is 22.7 Å². The minimum absolute atomic E-state index is 0.00752. The molecule has 34 heavy (non-hydrogen) atoms. The van der Waals surface area contributed by atoms with Gasteiger partial charge in [0.2, 0.25) is 11.8 Å². The molecule has 0 aliphatic rings. The van der Waals surface area contributed by atoms with Crippen molar-refractivity contribution in [3.8, 4) is 0 Å². The largest absolute Gasteiger partial charge is 0.332 e. The van der Waals surface area contributed by atoms with E-state index in [1.54, 1.807) is 60.7 Å². The first-order valence-electron chi connectivity index (χ1n) is 10.3. The Hall–Kier alpha value is -4.24. The molecule has 0 aliphatic carbocycles. The van der Waals surface area contributed by atoms with Crippen LogP contribution in [-0.4, -0.2) is 25.9 Å². The summed E-state index contributed by atoms with van der Waals surface area (Å²) in [6.45, 7) is 1.09. The average molecular weight is 478 g/mol. The van der Waals surface area contributed by atoms with Crippen LogP contribution < -0.4 is 21.9 Å². The zero-order chi connectivity index (χ0) is 24.2. The first kappa shape index (κ1) is 22.9. The predicted octanol–water partition coefficient (Wildman–Crippen LogP) is 2.86. The molecule has 10 heteroatoms. The Balaban J connectivity index is 1.65. The number of aromatic nitrogens is 3. The zero-order valence-corrected chi connectivity index (χ0v) is 18.9. The lowest BCUT2D eigenvalue weighted by molar-refractivity contribution is -0.117. The molecule has 0 saturated carbocycles. The minimum atomic E-state index is -0.628. The van der Waals surface area contributed by atoms with Gasteiger partial charge in [-0.3, -0.25) is 23.5 Å². The number of carbonyl (C=O) groups is 2. The molecule has 0 fully saturated rings. The number of nitrogens with zero attached hydrogens (tertiary/aromatic N) is 3. The van der Waals surface area contributed by atoms with Crippen molar-refractivity contribution in [2.45, 2.75) is 20.0 Å². The third-order valence-corrected chi connectivity index (χ3v) is 5.28. The highest BCUT2D eigenvalue weighted by atomic mass is 35.5. The van der Waals surface area contributed by atoms with Crippen LogP contribution in [0, 0.1) is 0 Å². The maximum atomic E-state index is 13.3. The number of pyridine rings is 1. The summed E-state index contributed by atoms with van der Waals surface area (Å²) >= 11 is 5.93. The van der Waals surface area contributed by atoms with Crippen LogP contribution >= 0.6 is 11.6 Å². The molecule has 2 aromatic carbocycles. The van der Waals surface area contributed by atoms with Gasteiger partial charge in [0.1, 0.15) is 6.54 Å². The molecule has 2 amide bonds. The van der Waals surface area contributed by atoms with Crippen molar-refractivity contribution in [2.24, 2.45) is 0 Å². The van der Waals surface area contributed by atoms with E-state index in [1.807, 2.05) is 0 Å². The van der Waals surface area contributed by atoms with Gasteiger partial charge in [0.25, 0.3) is 5.56 Å². The molecule has 9 nitrogen and oxygen atoms in total. The normalized spacial score (nSPS) is 10.8. The second-order valence-corrected chi connectivity index (χ2v) is 8.00. The Kier molecular flexibility index (Phi) is 6.55. The molecule has 2 N–H and O–H groups in total. The summed E-state index contributed by atoms with van der Waals surface area (Å²) in [5, 5.41) is 5.90. The monoisotopic (exact) mass is 477 g/mol. The summed E-state index contributed by atoms with van der Waals surface area (Å²) in [6.07, 6.45) is 1.46. The Morgan fingerprint density at radius 1 is 0.912 bits per heavy atom. The van der Waals surface area contributed by atoms with Gasteiger partial charge in [-0.15, -0.1) is 0 Å². The van der Waals surface area contributed by atoms with E-state index < -0.39 is 17.2 Å². The van der Waals surface area contributed by atoms with Gasteiger partial charge in [-0.05, 0) is 54.1 Å². The van der Waals surface area contributed by atoms with Crippen molar-refractivity contribution in [1.29, 1.82) is 0 Å². The summed E-state index contributed by atoms with van der Waals surface area (Å²) < 4.78 is 2.27. The van der Waals surface area contributed by atoms with E-state index in [2.05, 4.69) is 15.6 Å². The molecule has 172 valence electrons. The molecule has 0 aliphatic heterocycles. The molecule has 2 aromatic heterocycles. The lowest BCUT2D eigenvalue weighted by Gasteiger charge is -2.14. The van der Waals surface area contributed by atoms with Crippen LogP contribution in [0.5, 0.6) is 0 Å². The zero-order valence-electron chi connectivity index (χ0n) is 18.1. The summed E-state index contributed by atoms with van der Waals surface area (Å²) in [5.74, 6) is -0.665. The molecule has 0 saturated heterocycles. The number of rotatable bonds is 6. The number of anilines is 2. The lowest BCUT2D eigenvalue weighted by atomic mass is 10.2. The second kappa shape index (κ2) is 9.72. The van der Waals surface area contributed by atoms with Crippen LogP contribution in [0.3, 0.4) is 0 Å². The molecular formula is C24H20ClN5O4. The van der Waals surface area contributed by atoms with Gasteiger partial charge < -0.3 is 10.6 Å². The summed E-state index contributed by atoms with van der Waals surface area (Å²) in [4.78, 5) is 54.3. The smallest absolute Gasteiger partial charge is 0.326 e. The second-order valence-electron chi connectivity index (χ2n) is 7.56. The number of fused-ring (bicyclic) bond motifs is 1. The third kappa shape index (κ3) is 5.05. The van der Waals surface area contributed by atoms with E-state index in [1.165, 1.54) is 17.7 Å². The fourth-order valence-electron chi connectivity index (χ4n) is 3.49. The topological polar surface area (TPSA) is 115 Å². The highest BCUT2D eigenvalue weighted by Crippen LogP contribution is 2.14. The maximum Gasteiger partial charge on any atom is 0.332 e. The Labute approximate surface area is 198 Å². The van der Waals surface area contributed by atoms with Crippen molar-refractivity contribution in [3.63, 3.8) is 0 Å². The SMILES string of the molecule is CC(=O)Nc1ccc(NC(=O)Cn2c(=O)n(Cc3ccc(Cl)cc3)c(=O)c3ncccc32)cc1. The van der Waals surface area contributed by atoms with Gasteiger partial charge in [0.05, 0.1) is 12.1 Å². The molecule has 0 unspecified atom stereocenters. The summed E-state index contributed by atoms with van der Waals surface area (Å²) in [7, 11) is 0.